The Kier molecular flexibility index (Phi) is 5.38. The minimum Gasteiger partial charge on any atom is -0.461 e. The van der Waals surface area contributed by atoms with E-state index in [1.807, 2.05) is 0 Å². The fourth-order valence-electron chi connectivity index (χ4n) is 8.24. The maximum atomic E-state index is 12.5. The molecule has 5 N–H and O–H groups in total. The number of halogens is 1. The zero-order valence-corrected chi connectivity index (χ0v) is 19.6. The van der Waals surface area contributed by atoms with Crippen LogP contribution in [0.4, 0.5) is 0 Å². The summed E-state index contributed by atoms with van der Waals surface area (Å²) < 4.78 is 5.90. The molecule has 2 bridgehead atoms. The molecule has 0 aromatic heterocycles. The van der Waals surface area contributed by atoms with E-state index in [4.69, 9.17) is 16.3 Å². The van der Waals surface area contributed by atoms with Crippen molar-refractivity contribution in [2.75, 3.05) is 5.88 Å². The molecule has 0 aromatic rings. The van der Waals surface area contributed by atoms with Gasteiger partial charge in [0, 0.05) is 28.5 Å². The Morgan fingerprint density at radius 1 is 1.03 bits per heavy atom. The highest BCUT2D eigenvalue weighted by Crippen LogP contribution is 2.70. The molecule has 0 heterocycles. The van der Waals surface area contributed by atoms with E-state index in [0.29, 0.717) is 12.8 Å². The molecule has 10 atom stereocenters. The summed E-state index contributed by atoms with van der Waals surface area (Å²) in [7, 11) is 0. The first-order valence-corrected chi connectivity index (χ1v) is 12.0. The summed E-state index contributed by atoms with van der Waals surface area (Å²) in [4.78, 5) is 12.5. The first-order valence-electron chi connectivity index (χ1n) is 11.4. The van der Waals surface area contributed by atoms with E-state index in [-0.39, 0.29) is 37.5 Å². The van der Waals surface area contributed by atoms with Gasteiger partial charge in [-0.15, -0.1) is 11.6 Å². The SMILES string of the molecule is CC1(C)C(O)CC2C1(O)C(O)C[C@]13C[C@@](C)(O)C(CCC1[C@@]2(C)O)[C@H]3OC(=O)CCCl. The Balaban J connectivity index is 1.85. The van der Waals surface area contributed by atoms with Crippen LogP contribution in [0.25, 0.3) is 0 Å². The predicted octanol–water partition coefficient (Wildman–Crippen LogP) is 1.35. The number of aliphatic hydroxyl groups is 5. The molecule has 0 radical (unpaired) electrons. The second kappa shape index (κ2) is 7.03. The Morgan fingerprint density at radius 2 is 1.68 bits per heavy atom. The molecule has 0 saturated heterocycles. The van der Waals surface area contributed by atoms with E-state index in [0.717, 1.165) is 0 Å². The highest BCUT2D eigenvalue weighted by Gasteiger charge is 2.77. The number of hydrogen-bond donors (Lipinski definition) is 5. The molecule has 4 aliphatic rings. The molecule has 6 unspecified atom stereocenters. The third kappa shape index (κ3) is 2.93. The zero-order chi connectivity index (χ0) is 23.2. The van der Waals surface area contributed by atoms with Crippen LogP contribution in [-0.2, 0) is 9.53 Å². The van der Waals surface area contributed by atoms with Crippen molar-refractivity contribution in [3.8, 4) is 0 Å². The third-order valence-corrected chi connectivity index (χ3v) is 9.97. The molecule has 4 fully saturated rings. The van der Waals surface area contributed by atoms with E-state index < -0.39 is 63.8 Å². The zero-order valence-electron chi connectivity index (χ0n) is 18.8. The van der Waals surface area contributed by atoms with Crippen molar-refractivity contribution in [2.24, 2.45) is 28.6 Å². The van der Waals surface area contributed by atoms with E-state index in [1.165, 1.54) is 0 Å². The largest absolute Gasteiger partial charge is 0.461 e. The van der Waals surface area contributed by atoms with Crippen LogP contribution >= 0.6 is 11.6 Å². The summed E-state index contributed by atoms with van der Waals surface area (Å²) in [6, 6.07) is 0. The van der Waals surface area contributed by atoms with Crippen molar-refractivity contribution < 1.29 is 35.1 Å². The number of rotatable bonds is 3. The minimum atomic E-state index is -1.73. The van der Waals surface area contributed by atoms with Crippen molar-refractivity contribution in [3.63, 3.8) is 0 Å². The van der Waals surface area contributed by atoms with Crippen molar-refractivity contribution in [3.05, 3.63) is 0 Å². The van der Waals surface area contributed by atoms with Gasteiger partial charge in [-0.3, -0.25) is 4.79 Å². The van der Waals surface area contributed by atoms with Gasteiger partial charge in [0.25, 0.3) is 0 Å². The summed E-state index contributed by atoms with van der Waals surface area (Å²) in [5, 5.41) is 57.3. The molecule has 1 spiro atoms. The van der Waals surface area contributed by atoms with E-state index in [1.54, 1.807) is 27.7 Å². The number of carbonyl (C=O) groups is 1. The normalized spacial score (nSPS) is 55.3. The highest BCUT2D eigenvalue weighted by molar-refractivity contribution is 6.18. The lowest BCUT2D eigenvalue weighted by atomic mass is 9.57. The Labute approximate surface area is 188 Å². The summed E-state index contributed by atoms with van der Waals surface area (Å²) in [5.74, 6) is -1.84. The predicted molar refractivity (Wildman–Crippen MR) is 113 cm³/mol. The lowest BCUT2D eigenvalue weighted by Gasteiger charge is -2.52. The topological polar surface area (TPSA) is 127 Å². The van der Waals surface area contributed by atoms with Crippen LogP contribution in [0.2, 0.25) is 0 Å². The average Bonchev–Trinajstić information content (AvgIpc) is 2.87. The van der Waals surface area contributed by atoms with Gasteiger partial charge in [-0.2, -0.15) is 0 Å². The molecule has 8 heteroatoms. The summed E-state index contributed by atoms with van der Waals surface area (Å²) >= 11 is 5.73. The molecule has 0 aliphatic heterocycles. The Hall–Kier alpha value is -0.440. The van der Waals surface area contributed by atoms with Crippen LogP contribution in [0.5, 0.6) is 0 Å². The lowest BCUT2D eigenvalue weighted by molar-refractivity contribution is -0.202. The molecule has 4 saturated carbocycles. The van der Waals surface area contributed by atoms with Gasteiger partial charge >= 0.3 is 5.97 Å². The third-order valence-electron chi connectivity index (χ3n) is 9.78. The Morgan fingerprint density at radius 3 is 2.29 bits per heavy atom. The second-order valence-corrected chi connectivity index (χ2v) is 12.0. The first kappa shape index (κ1) is 23.7. The van der Waals surface area contributed by atoms with E-state index in [2.05, 4.69) is 0 Å². The van der Waals surface area contributed by atoms with Crippen LogP contribution < -0.4 is 0 Å². The second-order valence-electron chi connectivity index (χ2n) is 11.6. The molecular formula is C23H37ClO7. The van der Waals surface area contributed by atoms with Gasteiger partial charge in [0.15, 0.2) is 0 Å². The number of carbonyl (C=O) groups excluding carboxylic acids is 1. The fraction of sp³-hybridized carbons (Fsp3) is 0.957. The van der Waals surface area contributed by atoms with Gasteiger partial charge < -0.3 is 30.3 Å². The standard InChI is InChI=1S/C23H37ClO7/c1-19(2)15(25)9-14-21(4,29)13-6-5-12-18(31-17(27)7-8-24)22(13,11-20(12,3)28)10-16(26)23(14,19)30/h12-16,18,25-26,28-30H,5-11H2,1-4H3/t12?,13?,14?,15?,16?,18-,20-,21-,22+,23?/m1/s1. The first-order chi connectivity index (χ1) is 14.2. The van der Waals surface area contributed by atoms with Gasteiger partial charge in [-0.1, -0.05) is 13.8 Å². The maximum absolute atomic E-state index is 12.5. The number of alkyl halides is 1. The molecule has 4 rings (SSSR count). The van der Waals surface area contributed by atoms with Gasteiger partial charge in [0.05, 0.1) is 29.8 Å². The van der Waals surface area contributed by atoms with Crippen molar-refractivity contribution in [2.45, 2.75) is 101 Å². The van der Waals surface area contributed by atoms with E-state index in [9.17, 15) is 30.3 Å². The van der Waals surface area contributed by atoms with Crippen molar-refractivity contribution >= 4 is 17.6 Å². The van der Waals surface area contributed by atoms with Gasteiger partial charge in [-0.05, 0) is 51.9 Å². The summed E-state index contributed by atoms with van der Waals surface area (Å²) in [6.45, 7) is 6.84. The average molecular weight is 461 g/mol. The molecule has 4 aliphatic carbocycles. The number of hydrogen-bond acceptors (Lipinski definition) is 7. The van der Waals surface area contributed by atoms with Gasteiger partial charge in [0.2, 0.25) is 0 Å². The van der Waals surface area contributed by atoms with Crippen LogP contribution in [0, 0.1) is 28.6 Å². The van der Waals surface area contributed by atoms with Crippen molar-refractivity contribution in [1.29, 1.82) is 0 Å². The van der Waals surface area contributed by atoms with Crippen molar-refractivity contribution in [1.82, 2.24) is 0 Å². The van der Waals surface area contributed by atoms with Gasteiger partial charge in [-0.25, -0.2) is 0 Å². The molecular weight excluding hydrogens is 424 g/mol. The highest BCUT2D eigenvalue weighted by atomic mass is 35.5. The monoisotopic (exact) mass is 460 g/mol. The number of fused-ring (bicyclic) bond motifs is 2. The minimum absolute atomic E-state index is 0.0401. The van der Waals surface area contributed by atoms with Gasteiger partial charge in [0.1, 0.15) is 11.7 Å². The molecule has 0 aromatic carbocycles. The number of ether oxygens (including phenoxy) is 1. The molecule has 178 valence electrons. The van der Waals surface area contributed by atoms with Crippen LogP contribution in [0.15, 0.2) is 0 Å². The molecule has 31 heavy (non-hydrogen) atoms. The summed E-state index contributed by atoms with van der Waals surface area (Å²) in [5.41, 5.74) is -6.23. The smallest absolute Gasteiger partial charge is 0.307 e. The number of esters is 1. The lowest BCUT2D eigenvalue weighted by Crippen LogP contribution is -2.60. The number of aliphatic hydroxyl groups excluding tert-OH is 2. The molecule has 7 nitrogen and oxygen atoms in total. The van der Waals surface area contributed by atoms with Crippen LogP contribution in [0.3, 0.4) is 0 Å². The van der Waals surface area contributed by atoms with Crippen LogP contribution in [-0.4, -0.2) is 72.5 Å². The fourth-order valence-corrected chi connectivity index (χ4v) is 8.40. The molecule has 0 amide bonds. The Bertz CT molecular complexity index is 752. The quantitative estimate of drug-likeness (QED) is 0.317. The summed E-state index contributed by atoms with van der Waals surface area (Å²) in [6.07, 6.45) is -1.16. The maximum Gasteiger partial charge on any atom is 0.307 e. The van der Waals surface area contributed by atoms with E-state index >= 15 is 0 Å². The van der Waals surface area contributed by atoms with Crippen LogP contribution in [0.1, 0.15) is 66.2 Å².